The van der Waals surface area contributed by atoms with Crippen molar-refractivity contribution < 1.29 is 0 Å². The number of aromatic nitrogens is 2. The standard InChI is InChI=1S/C9H18N4/c1-6(2)12-9-11-5-8(10)13(9)7(3)4/h5-7H,10H2,1-4H3,(H,11,12). The number of rotatable bonds is 3. The molecule has 0 saturated carbocycles. The largest absolute Gasteiger partial charge is 0.384 e. The predicted octanol–water partition coefficient (Wildman–Crippen LogP) is 1.87. The van der Waals surface area contributed by atoms with Crippen LogP contribution in [-0.2, 0) is 0 Å². The summed E-state index contributed by atoms with van der Waals surface area (Å²) in [5.74, 6) is 1.56. The van der Waals surface area contributed by atoms with Crippen molar-refractivity contribution in [1.82, 2.24) is 9.55 Å². The van der Waals surface area contributed by atoms with Crippen LogP contribution >= 0.6 is 0 Å². The molecule has 0 aliphatic carbocycles. The quantitative estimate of drug-likeness (QED) is 0.750. The van der Waals surface area contributed by atoms with E-state index in [1.54, 1.807) is 6.20 Å². The number of hydrogen-bond acceptors (Lipinski definition) is 3. The lowest BCUT2D eigenvalue weighted by molar-refractivity contribution is 0.609. The van der Waals surface area contributed by atoms with Crippen molar-refractivity contribution >= 4 is 11.8 Å². The van der Waals surface area contributed by atoms with Crippen molar-refractivity contribution in [1.29, 1.82) is 0 Å². The van der Waals surface area contributed by atoms with E-state index in [1.807, 2.05) is 4.57 Å². The van der Waals surface area contributed by atoms with Gasteiger partial charge in [-0.25, -0.2) is 4.98 Å². The second kappa shape index (κ2) is 3.68. The van der Waals surface area contributed by atoms with E-state index in [-0.39, 0.29) is 0 Å². The fourth-order valence-corrected chi connectivity index (χ4v) is 1.28. The first-order valence-electron chi connectivity index (χ1n) is 4.61. The normalized spacial score (nSPS) is 11.2. The Hall–Kier alpha value is -1.19. The molecule has 3 N–H and O–H groups in total. The van der Waals surface area contributed by atoms with Gasteiger partial charge in [0, 0.05) is 12.1 Å². The molecule has 74 valence electrons. The number of nitrogens with one attached hydrogen (secondary N) is 1. The maximum atomic E-state index is 5.78. The number of nitrogens with zero attached hydrogens (tertiary/aromatic N) is 2. The van der Waals surface area contributed by atoms with Crippen LogP contribution in [0.5, 0.6) is 0 Å². The SMILES string of the molecule is CC(C)Nc1ncc(N)n1C(C)C. The molecule has 1 aromatic heterocycles. The minimum atomic E-state index is 0.337. The predicted molar refractivity (Wildman–Crippen MR) is 55.8 cm³/mol. The molecule has 1 rings (SSSR count). The molecule has 0 aliphatic rings. The van der Waals surface area contributed by atoms with Gasteiger partial charge < -0.3 is 11.1 Å². The molecule has 0 aromatic carbocycles. The van der Waals surface area contributed by atoms with E-state index >= 15 is 0 Å². The lowest BCUT2D eigenvalue weighted by Crippen LogP contribution is -2.16. The summed E-state index contributed by atoms with van der Waals surface area (Å²) in [6, 6.07) is 0.711. The van der Waals surface area contributed by atoms with Crippen molar-refractivity contribution in [3.63, 3.8) is 0 Å². The van der Waals surface area contributed by atoms with Crippen molar-refractivity contribution in [2.24, 2.45) is 0 Å². The van der Waals surface area contributed by atoms with Crippen LogP contribution < -0.4 is 11.1 Å². The molecule has 4 nitrogen and oxygen atoms in total. The van der Waals surface area contributed by atoms with Crippen LogP contribution in [-0.4, -0.2) is 15.6 Å². The minimum absolute atomic E-state index is 0.337. The first-order chi connectivity index (χ1) is 6.02. The summed E-state index contributed by atoms with van der Waals surface area (Å²) in [4.78, 5) is 4.20. The molecule has 0 atom stereocenters. The zero-order chi connectivity index (χ0) is 10.0. The number of imidazole rings is 1. The summed E-state index contributed by atoms with van der Waals surface area (Å²) < 4.78 is 1.99. The van der Waals surface area contributed by atoms with Gasteiger partial charge in [-0.15, -0.1) is 0 Å². The second-order valence-corrected chi connectivity index (χ2v) is 3.77. The molecule has 0 spiro atoms. The van der Waals surface area contributed by atoms with Gasteiger partial charge in [-0.1, -0.05) is 0 Å². The van der Waals surface area contributed by atoms with Gasteiger partial charge in [-0.05, 0) is 27.7 Å². The third-order valence-corrected chi connectivity index (χ3v) is 1.76. The van der Waals surface area contributed by atoms with Crippen LogP contribution in [0.2, 0.25) is 0 Å². The molecule has 0 amide bonds. The second-order valence-electron chi connectivity index (χ2n) is 3.77. The van der Waals surface area contributed by atoms with E-state index in [4.69, 9.17) is 5.73 Å². The highest BCUT2D eigenvalue weighted by molar-refractivity contribution is 5.41. The average Bonchev–Trinajstić information content (AvgIpc) is 2.30. The molecule has 13 heavy (non-hydrogen) atoms. The van der Waals surface area contributed by atoms with Crippen LogP contribution in [0.25, 0.3) is 0 Å². The molecule has 4 heteroatoms. The zero-order valence-electron chi connectivity index (χ0n) is 8.70. The summed E-state index contributed by atoms with van der Waals surface area (Å²) in [6.07, 6.45) is 1.69. The highest BCUT2D eigenvalue weighted by Crippen LogP contribution is 2.19. The smallest absolute Gasteiger partial charge is 0.204 e. The van der Waals surface area contributed by atoms with Crippen LogP contribution in [0.1, 0.15) is 33.7 Å². The van der Waals surface area contributed by atoms with Crippen molar-refractivity contribution in [2.75, 3.05) is 11.1 Å². The van der Waals surface area contributed by atoms with Crippen molar-refractivity contribution in [3.8, 4) is 0 Å². The maximum Gasteiger partial charge on any atom is 0.204 e. The Balaban J connectivity index is 2.94. The minimum Gasteiger partial charge on any atom is -0.384 e. The summed E-state index contributed by atoms with van der Waals surface area (Å²) in [5.41, 5.74) is 5.78. The summed E-state index contributed by atoms with van der Waals surface area (Å²) >= 11 is 0. The van der Waals surface area contributed by atoms with Gasteiger partial charge in [-0.2, -0.15) is 0 Å². The van der Waals surface area contributed by atoms with Crippen LogP contribution in [0, 0.1) is 0 Å². The summed E-state index contributed by atoms with van der Waals surface area (Å²) in [5, 5.41) is 3.25. The molecule has 1 heterocycles. The van der Waals surface area contributed by atoms with Crippen LogP contribution in [0.4, 0.5) is 11.8 Å². The molecule has 0 bridgehead atoms. The number of hydrogen-bond donors (Lipinski definition) is 2. The Morgan fingerprint density at radius 2 is 2.00 bits per heavy atom. The van der Waals surface area contributed by atoms with Gasteiger partial charge >= 0.3 is 0 Å². The Kier molecular flexibility index (Phi) is 2.80. The van der Waals surface area contributed by atoms with Crippen molar-refractivity contribution in [2.45, 2.75) is 39.8 Å². The van der Waals surface area contributed by atoms with Crippen LogP contribution in [0.15, 0.2) is 6.20 Å². The van der Waals surface area contributed by atoms with Gasteiger partial charge in [0.2, 0.25) is 5.95 Å². The molecule has 0 radical (unpaired) electrons. The van der Waals surface area contributed by atoms with Gasteiger partial charge in [0.05, 0.1) is 6.20 Å². The Morgan fingerprint density at radius 1 is 1.38 bits per heavy atom. The third kappa shape index (κ3) is 2.14. The monoisotopic (exact) mass is 182 g/mol. The highest BCUT2D eigenvalue weighted by atomic mass is 15.2. The Morgan fingerprint density at radius 3 is 2.46 bits per heavy atom. The maximum absolute atomic E-state index is 5.78. The lowest BCUT2D eigenvalue weighted by atomic mass is 10.4. The molecular formula is C9H18N4. The van der Waals surface area contributed by atoms with E-state index in [1.165, 1.54) is 0 Å². The van der Waals surface area contributed by atoms with E-state index in [9.17, 15) is 0 Å². The van der Waals surface area contributed by atoms with Gasteiger partial charge in [0.25, 0.3) is 0 Å². The van der Waals surface area contributed by atoms with E-state index in [2.05, 4.69) is 38.0 Å². The Labute approximate surface area is 79.1 Å². The summed E-state index contributed by atoms with van der Waals surface area (Å²) in [7, 11) is 0. The Bertz CT molecular complexity index is 275. The zero-order valence-corrected chi connectivity index (χ0v) is 8.70. The molecule has 0 aliphatic heterocycles. The molecule has 0 unspecified atom stereocenters. The van der Waals surface area contributed by atoms with Crippen molar-refractivity contribution in [3.05, 3.63) is 6.20 Å². The third-order valence-electron chi connectivity index (χ3n) is 1.76. The fraction of sp³-hybridized carbons (Fsp3) is 0.667. The van der Waals surface area contributed by atoms with E-state index in [0.29, 0.717) is 17.9 Å². The van der Waals surface area contributed by atoms with Gasteiger partial charge in [0.15, 0.2) is 0 Å². The highest BCUT2D eigenvalue weighted by Gasteiger charge is 2.10. The fourth-order valence-electron chi connectivity index (χ4n) is 1.28. The van der Waals surface area contributed by atoms with E-state index < -0.39 is 0 Å². The van der Waals surface area contributed by atoms with E-state index in [0.717, 1.165) is 5.95 Å². The number of nitrogen functional groups attached to an aromatic ring is 1. The number of nitrogens with two attached hydrogens (primary N) is 1. The number of anilines is 2. The molecule has 1 aromatic rings. The first-order valence-corrected chi connectivity index (χ1v) is 4.61. The molecular weight excluding hydrogens is 164 g/mol. The topological polar surface area (TPSA) is 55.9 Å². The van der Waals surface area contributed by atoms with Gasteiger partial charge in [0.1, 0.15) is 5.82 Å². The molecule has 0 saturated heterocycles. The molecule has 0 fully saturated rings. The first kappa shape index (κ1) is 9.89. The van der Waals surface area contributed by atoms with Crippen LogP contribution in [0.3, 0.4) is 0 Å². The lowest BCUT2D eigenvalue weighted by Gasteiger charge is -2.16. The summed E-state index contributed by atoms with van der Waals surface area (Å²) in [6.45, 7) is 8.33. The van der Waals surface area contributed by atoms with Gasteiger partial charge in [-0.3, -0.25) is 4.57 Å². The average molecular weight is 182 g/mol.